The van der Waals surface area contributed by atoms with E-state index in [1.54, 1.807) is 78.1 Å². The molecule has 0 bridgehead atoms. The molecule has 1 aromatic carbocycles. The number of guanidine groups is 1. The van der Waals surface area contributed by atoms with Gasteiger partial charge in [0.05, 0.1) is 18.0 Å². The number of nitrogens with zero attached hydrogens (tertiary/aromatic N) is 3. The van der Waals surface area contributed by atoms with Crippen molar-refractivity contribution in [3.05, 3.63) is 42.6 Å². The summed E-state index contributed by atoms with van der Waals surface area (Å²) < 4.78 is 16.2. The standard InChI is InChI=1S/C24H32N4O5/c1-8-31-18-12-13-26-19(15-18)16-10-9-11-17(14-16)28(22(30)33-24(5,6)7)20(25)27-21(29)32-23(2,3)4/h9-15H,8H2,1-7H3,(H2,25,27,29). The number of pyridine rings is 1. The molecule has 1 heterocycles. The second-order valence-electron chi connectivity index (χ2n) is 9.13. The molecule has 0 saturated carbocycles. The summed E-state index contributed by atoms with van der Waals surface area (Å²) in [5.41, 5.74) is 6.19. The largest absolute Gasteiger partial charge is 0.494 e. The zero-order valence-electron chi connectivity index (χ0n) is 20.2. The molecule has 0 aliphatic carbocycles. The predicted octanol–water partition coefficient (Wildman–Crippen LogP) is 5.14. The maximum Gasteiger partial charge on any atom is 0.437 e. The SMILES string of the molecule is CCOc1ccnc(-c2cccc(N(C(=O)OC(C)(C)C)C(N)=NC(=O)OC(C)(C)C)c2)c1. The van der Waals surface area contributed by atoms with Gasteiger partial charge in [0.25, 0.3) is 0 Å². The van der Waals surface area contributed by atoms with E-state index in [4.69, 9.17) is 19.9 Å². The number of amides is 2. The summed E-state index contributed by atoms with van der Waals surface area (Å²) in [6.45, 7) is 12.7. The fourth-order valence-electron chi connectivity index (χ4n) is 2.70. The Hall–Kier alpha value is -3.62. The molecule has 9 nitrogen and oxygen atoms in total. The fraction of sp³-hybridized carbons (Fsp3) is 0.417. The van der Waals surface area contributed by atoms with Crippen LogP contribution in [-0.4, -0.2) is 40.9 Å². The molecule has 0 aliphatic rings. The summed E-state index contributed by atoms with van der Waals surface area (Å²) in [7, 11) is 0. The number of carbonyl (C=O) groups is 2. The van der Waals surface area contributed by atoms with Crippen molar-refractivity contribution in [2.24, 2.45) is 10.7 Å². The molecule has 0 atom stereocenters. The molecule has 2 amide bonds. The number of carbonyl (C=O) groups excluding carboxylic acids is 2. The summed E-state index contributed by atoms with van der Waals surface area (Å²) >= 11 is 0. The molecule has 9 heteroatoms. The van der Waals surface area contributed by atoms with Gasteiger partial charge in [-0.25, -0.2) is 14.5 Å². The third kappa shape index (κ3) is 8.10. The predicted molar refractivity (Wildman–Crippen MR) is 127 cm³/mol. The minimum absolute atomic E-state index is 0.343. The van der Waals surface area contributed by atoms with Crippen LogP contribution in [0.4, 0.5) is 15.3 Å². The normalized spacial score (nSPS) is 12.2. The van der Waals surface area contributed by atoms with Gasteiger partial charge in [-0.1, -0.05) is 12.1 Å². The lowest BCUT2D eigenvalue weighted by atomic mass is 10.1. The number of anilines is 1. The van der Waals surface area contributed by atoms with Crippen molar-refractivity contribution < 1.29 is 23.8 Å². The summed E-state index contributed by atoms with van der Waals surface area (Å²) in [6.07, 6.45) is -0.0759. The average Bonchev–Trinajstić information content (AvgIpc) is 2.66. The number of hydrogen-bond acceptors (Lipinski definition) is 6. The van der Waals surface area contributed by atoms with Gasteiger partial charge < -0.3 is 19.9 Å². The molecule has 2 N–H and O–H groups in total. The van der Waals surface area contributed by atoms with E-state index in [0.29, 0.717) is 29.3 Å². The Balaban J connectivity index is 2.49. The summed E-state index contributed by atoms with van der Waals surface area (Å²) in [6, 6.07) is 10.5. The first kappa shape index (κ1) is 25.6. The van der Waals surface area contributed by atoms with Gasteiger partial charge in [0.1, 0.15) is 17.0 Å². The van der Waals surface area contributed by atoms with Crippen LogP contribution in [0.1, 0.15) is 48.5 Å². The smallest absolute Gasteiger partial charge is 0.437 e. The van der Waals surface area contributed by atoms with Gasteiger partial charge in [0.2, 0.25) is 5.96 Å². The van der Waals surface area contributed by atoms with E-state index >= 15 is 0 Å². The third-order valence-corrected chi connectivity index (χ3v) is 3.85. The lowest BCUT2D eigenvalue weighted by Crippen LogP contribution is -2.45. The highest BCUT2D eigenvalue weighted by Crippen LogP contribution is 2.27. The Kier molecular flexibility index (Phi) is 8.03. The molecule has 2 rings (SSSR count). The van der Waals surface area contributed by atoms with Crippen molar-refractivity contribution in [2.45, 2.75) is 59.7 Å². The van der Waals surface area contributed by atoms with Crippen LogP contribution in [-0.2, 0) is 9.47 Å². The van der Waals surface area contributed by atoms with Crippen LogP contribution in [0.25, 0.3) is 11.3 Å². The maximum absolute atomic E-state index is 13.0. The first-order chi connectivity index (χ1) is 15.3. The molecule has 2 aromatic rings. The van der Waals surface area contributed by atoms with E-state index in [1.807, 2.05) is 13.0 Å². The van der Waals surface area contributed by atoms with Gasteiger partial charge in [0.15, 0.2) is 0 Å². The average molecular weight is 457 g/mol. The molecule has 0 unspecified atom stereocenters. The Bertz CT molecular complexity index is 1020. The van der Waals surface area contributed by atoms with Crippen molar-refractivity contribution in [1.82, 2.24) is 4.98 Å². The van der Waals surface area contributed by atoms with Crippen LogP contribution in [0.2, 0.25) is 0 Å². The van der Waals surface area contributed by atoms with Crippen molar-refractivity contribution in [1.29, 1.82) is 0 Å². The van der Waals surface area contributed by atoms with Gasteiger partial charge in [-0.05, 0) is 66.7 Å². The van der Waals surface area contributed by atoms with Crippen molar-refractivity contribution >= 4 is 23.8 Å². The van der Waals surface area contributed by atoms with Crippen LogP contribution < -0.4 is 15.4 Å². The Morgan fingerprint density at radius 3 is 2.30 bits per heavy atom. The lowest BCUT2D eigenvalue weighted by molar-refractivity contribution is 0.0601. The summed E-state index contributed by atoms with van der Waals surface area (Å²) in [4.78, 5) is 34.4. The third-order valence-electron chi connectivity index (χ3n) is 3.85. The number of aromatic nitrogens is 1. The first-order valence-corrected chi connectivity index (χ1v) is 10.6. The lowest BCUT2D eigenvalue weighted by Gasteiger charge is -2.27. The Morgan fingerprint density at radius 2 is 1.70 bits per heavy atom. The van der Waals surface area contributed by atoms with Gasteiger partial charge in [-0.3, -0.25) is 4.98 Å². The Morgan fingerprint density at radius 1 is 1.03 bits per heavy atom. The number of ether oxygens (including phenoxy) is 3. The van der Waals surface area contributed by atoms with Gasteiger partial charge in [-0.15, -0.1) is 4.99 Å². The summed E-state index contributed by atoms with van der Waals surface area (Å²) in [5.74, 6) is 0.287. The van der Waals surface area contributed by atoms with E-state index < -0.39 is 23.4 Å². The van der Waals surface area contributed by atoms with Gasteiger partial charge in [0, 0.05) is 17.8 Å². The van der Waals surface area contributed by atoms with Crippen LogP contribution in [0.15, 0.2) is 47.6 Å². The van der Waals surface area contributed by atoms with E-state index in [1.165, 1.54) is 0 Å². The van der Waals surface area contributed by atoms with E-state index in [9.17, 15) is 9.59 Å². The molecule has 0 saturated heterocycles. The highest BCUT2D eigenvalue weighted by Gasteiger charge is 2.28. The molecule has 0 fully saturated rings. The van der Waals surface area contributed by atoms with Crippen LogP contribution >= 0.6 is 0 Å². The van der Waals surface area contributed by atoms with Crippen molar-refractivity contribution in [3.63, 3.8) is 0 Å². The van der Waals surface area contributed by atoms with Crippen LogP contribution in [0.3, 0.4) is 0 Å². The second kappa shape index (κ2) is 10.3. The topological polar surface area (TPSA) is 116 Å². The molecule has 0 spiro atoms. The van der Waals surface area contributed by atoms with Crippen LogP contribution in [0.5, 0.6) is 5.75 Å². The number of benzene rings is 1. The highest BCUT2D eigenvalue weighted by molar-refractivity contribution is 6.15. The molecule has 0 radical (unpaired) electrons. The van der Waals surface area contributed by atoms with Gasteiger partial charge >= 0.3 is 12.2 Å². The highest BCUT2D eigenvalue weighted by atomic mass is 16.6. The number of rotatable bonds is 4. The van der Waals surface area contributed by atoms with Gasteiger partial charge in [-0.2, -0.15) is 0 Å². The molecular formula is C24H32N4O5. The monoisotopic (exact) mass is 456 g/mol. The van der Waals surface area contributed by atoms with Crippen molar-refractivity contribution in [2.75, 3.05) is 11.5 Å². The minimum atomic E-state index is -0.921. The number of hydrogen-bond donors (Lipinski definition) is 1. The first-order valence-electron chi connectivity index (χ1n) is 10.6. The molecule has 178 valence electrons. The Labute approximate surface area is 194 Å². The zero-order chi connectivity index (χ0) is 24.8. The van der Waals surface area contributed by atoms with Crippen molar-refractivity contribution in [3.8, 4) is 17.0 Å². The molecule has 33 heavy (non-hydrogen) atoms. The fourth-order valence-corrected chi connectivity index (χ4v) is 2.70. The number of nitrogens with two attached hydrogens (primary N) is 1. The maximum atomic E-state index is 13.0. The number of aliphatic imine (C=N–C) groups is 1. The van der Waals surface area contributed by atoms with E-state index in [-0.39, 0.29) is 5.96 Å². The minimum Gasteiger partial charge on any atom is -0.494 e. The molecule has 1 aromatic heterocycles. The quantitative estimate of drug-likeness (QED) is 0.500. The summed E-state index contributed by atoms with van der Waals surface area (Å²) in [5, 5.41) is 0. The second-order valence-corrected chi connectivity index (χ2v) is 9.13. The van der Waals surface area contributed by atoms with E-state index in [0.717, 1.165) is 4.90 Å². The molecular weight excluding hydrogens is 424 g/mol. The van der Waals surface area contributed by atoms with E-state index in [2.05, 4.69) is 9.98 Å². The molecule has 0 aliphatic heterocycles. The zero-order valence-corrected chi connectivity index (χ0v) is 20.2. The van der Waals surface area contributed by atoms with Crippen LogP contribution in [0, 0.1) is 0 Å².